The van der Waals surface area contributed by atoms with E-state index in [0.29, 0.717) is 32.3 Å². The van der Waals surface area contributed by atoms with E-state index in [4.69, 9.17) is 33.2 Å². The van der Waals surface area contributed by atoms with Gasteiger partial charge >= 0.3 is 5.97 Å². The molecule has 5 aliphatic heterocycles. The first-order chi connectivity index (χ1) is 23.4. The average molecular weight is 683 g/mol. The minimum Gasteiger partial charge on any atom is -0.462 e. The fourth-order valence-electron chi connectivity index (χ4n) is 8.71. The fourth-order valence-corrected chi connectivity index (χ4v) is 8.71. The lowest BCUT2D eigenvalue weighted by Crippen LogP contribution is -2.52. The fraction of sp³-hybridized carbons (Fsp3) is 0.725. The summed E-state index contributed by atoms with van der Waals surface area (Å²) in [5, 5.41) is 10.6. The van der Waals surface area contributed by atoms with Crippen molar-refractivity contribution < 1.29 is 43.1 Å². The highest BCUT2D eigenvalue weighted by molar-refractivity contribution is 5.76. The maximum absolute atomic E-state index is 14.1. The van der Waals surface area contributed by atoms with Crippen LogP contribution in [0.4, 0.5) is 0 Å². The third-order valence-electron chi connectivity index (χ3n) is 11.8. The van der Waals surface area contributed by atoms with Gasteiger partial charge in [0.2, 0.25) is 0 Å². The molecule has 6 aliphatic rings. The molecule has 5 heterocycles. The summed E-state index contributed by atoms with van der Waals surface area (Å²) in [5.41, 5.74) is 3.31. The van der Waals surface area contributed by atoms with E-state index in [1.54, 1.807) is 7.11 Å². The molecule has 2 bridgehead atoms. The molecular formula is C40H58O9. The molecule has 9 heteroatoms. The van der Waals surface area contributed by atoms with Gasteiger partial charge in [-0.1, -0.05) is 69.7 Å². The van der Waals surface area contributed by atoms with E-state index in [1.165, 1.54) is 0 Å². The Morgan fingerprint density at radius 2 is 1.82 bits per heavy atom. The molecular weight excluding hydrogens is 624 g/mol. The van der Waals surface area contributed by atoms with Gasteiger partial charge in [-0.3, -0.25) is 4.79 Å². The van der Waals surface area contributed by atoms with Crippen LogP contribution in [0.1, 0.15) is 80.6 Å². The Balaban J connectivity index is 1.36. The van der Waals surface area contributed by atoms with Crippen molar-refractivity contribution >= 4 is 5.97 Å². The summed E-state index contributed by atoms with van der Waals surface area (Å²) in [5.74, 6) is -1.22. The van der Waals surface area contributed by atoms with Crippen molar-refractivity contribution in [3.8, 4) is 0 Å². The van der Waals surface area contributed by atoms with Crippen molar-refractivity contribution in [2.24, 2.45) is 29.6 Å². The van der Waals surface area contributed by atoms with Crippen LogP contribution in [-0.4, -0.2) is 85.7 Å². The third kappa shape index (κ3) is 7.74. The summed E-state index contributed by atoms with van der Waals surface area (Å²) in [6.45, 7) is 15.1. The number of rotatable bonds is 4. The molecule has 6 rings (SSSR count). The molecule has 0 aromatic heterocycles. The number of aliphatic hydroxyl groups excluding tert-OH is 1. The highest BCUT2D eigenvalue weighted by atomic mass is 16.7. The summed E-state index contributed by atoms with van der Waals surface area (Å²) < 4.78 is 44.8. The highest BCUT2D eigenvalue weighted by Gasteiger charge is 2.50. The van der Waals surface area contributed by atoms with E-state index in [9.17, 15) is 9.90 Å². The Kier molecular flexibility index (Phi) is 11.4. The molecule has 272 valence electrons. The Labute approximate surface area is 292 Å². The Morgan fingerprint density at radius 1 is 1.02 bits per heavy atom. The van der Waals surface area contributed by atoms with E-state index in [2.05, 4.69) is 78.0 Å². The molecule has 15 unspecified atom stereocenters. The number of ether oxygens (including phenoxy) is 7. The quantitative estimate of drug-likeness (QED) is 0.268. The predicted octanol–water partition coefficient (Wildman–Crippen LogP) is 6.37. The molecule has 1 N–H and O–H groups in total. The zero-order valence-corrected chi connectivity index (χ0v) is 30.6. The van der Waals surface area contributed by atoms with Gasteiger partial charge in [-0.15, -0.1) is 0 Å². The Bertz CT molecular complexity index is 1350. The van der Waals surface area contributed by atoms with Crippen LogP contribution in [-0.2, 0) is 38.0 Å². The van der Waals surface area contributed by atoms with Crippen LogP contribution < -0.4 is 0 Å². The zero-order valence-electron chi connectivity index (χ0n) is 30.6. The lowest BCUT2D eigenvalue weighted by molar-refractivity contribution is -0.294. The average Bonchev–Trinajstić information content (AvgIpc) is 3.50. The number of carbonyl (C=O) groups is 1. The van der Waals surface area contributed by atoms with Crippen LogP contribution in [0.2, 0.25) is 0 Å². The standard InChI is InChI=1S/C40H58O9/c1-9-32-22(2)15-16-40(49-32)20-30-18-29(48-40)14-13-24(4)37(47-34-19-33(43-8)36(41)27(7)45-34)23(3)11-10-12-28-21-44-38-26(6)25(5)17-31(35(28)38)39(42)46-30/h10-13,15-17,22-23,26-27,29-38,41H,9,14,18-21H2,1-8H3. The number of fused-ring (bicyclic) bond motifs is 2. The van der Waals surface area contributed by atoms with Gasteiger partial charge in [-0.25, -0.2) is 0 Å². The maximum Gasteiger partial charge on any atom is 0.313 e. The second-order valence-electron chi connectivity index (χ2n) is 15.4. The van der Waals surface area contributed by atoms with E-state index in [1.807, 2.05) is 13.0 Å². The second kappa shape index (κ2) is 15.2. The zero-order chi connectivity index (χ0) is 35.0. The van der Waals surface area contributed by atoms with Crippen LogP contribution in [0.5, 0.6) is 0 Å². The highest BCUT2D eigenvalue weighted by Crippen LogP contribution is 2.46. The summed E-state index contributed by atoms with van der Waals surface area (Å²) in [6, 6.07) is 0. The van der Waals surface area contributed by atoms with Crippen molar-refractivity contribution in [2.45, 2.75) is 141 Å². The molecule has 0 radical (unpaired) electrons. The number of methoxy groups -OCH3 is 1. The molecule has 0 saturated carbocycles. The third-order valence-corrected chi connectivity index (χ3v) is 11.8. The molecule has 0 amide bonds. The van der Waals surface area contributed by atoms with Crippen molar-refractivity contribution in [3.63, 3.8) is 0 Å². The summed E-state index contributed by atoms with van der Waals surface area (Å²) >= 11 is 0. The first-order valence-corrected chi connectivity index (χ1v) is 18.5. The van der Waals surface area contributed by atoms with Crippen molar-refractivity contribution in [1.82, 2.24) is 0 Å². The number of esters is 1. The number of allylic oxidation sites excluding steroid dienone is 2. The molecule has 15 atom stereocenters. The molecule has 1 spiro atoms. The van der Waals surface area contributed by atoms with Gasteiger partial charge in [0.25, 0.3) is 0 Å². The van der Waals surface area contributed by atoms with Gasteiger partial charge in [0.15, 0.2) is 12.1 Å². The minimum absolute atomic E-state index is 0.0122. The topological polar surface area (TPSA) is 102 Å². The van der Waals surface area contributed by atoms with E-state index in [-0.39, 0.29) is 66.3 Å². The van der Waals surface area contributed by atoms with Gasteiger partial charge in [0.1, 0.15) is 12.2 Å². The SMILES string of the molecule is CCC1OC2(C=CC1C)CC1CC(CC=C(C)C(OC3CC(OC)C(O)C(C)O3)C(C)C=CC=C3COC4C(C)C(C)=CC(C(=O)O1)C34)O2. The minimum atomic E-state index is -0.959. The van der Waals surface area contributed by atoms with Crippen molar-refractivity contribution in [2.75, 3.05) is 13.7 Å². The molecule has 3 saturated heterocycles. The van der Waals surface area contributed by atoms with Gasteiger partial charge in [-0.2, -0.15) is 0 Å². The number of hydrogen-bond acceptors (Lipinski definition) is 9. The molecule has 3 fully saturated rings. The summed E-state index contributed by atoms with van der Waals surface area (Å²) in [7, 11) is 1.61. The Hall–Kier alpha value is -2.11. The summed E-state index contributed by atoms with van der Waals surface area (Å²) in [4.78, 5) is 14.1. The normalized spacial score (nSPS) is 46.1. The van der Waals surface area contributed by atoms with Crippen LogP contribution in [0, 0.1) is 29.6 Å². The number of hydrogen-bond donors (Lipinski definition) is 1. The largest absolute Gasteiger partial charge is 0.462 e. The van der Waals surface area contributed by atoms with E-state index >= 15 is 0 Å². The van der Waals surface area contributed by atoms with Crippen molar-refractivity contribution in [3.05, 3.63) is 59.3 Å². The molecule has 9 nitrogen and oxygen atoms in total. The lowest BCUT2D eigenvalue weighted by atomic mass is 9.72. The van der Waals surface area contributed by atoms with Gasteiger partial charge in [0, 0.05) is 50.0 Å². The van der Waals surface area contributed by atoms with Gasteiger partial charge in [0.05, 0.1) is 49.1 Å². The smallest absolute Gasteiger partial charge is 0.313 e. The van der Waals surface area contributed by atoms with Gasteiger partial charge in [-0.05, 0) is 50.8 Å². The van der Waals surface area contributed by atoms with E-state index in [0.717, 1.165) is 23.1 Å². The van der Waals surface area contributed by atoms with E-state index < -0.39 is 30.2 Å². The molecule has 1 aliphatic carbocycles. The monoisotopic (exact) mass is 682 g/mol. The number of carbonyl (C=O) groups excluding carboxylic acids is 1. The van der Waals surface area contributed by atoms with Crippen LogP contribution in [0.15, 0.2) is 59.3 Å². The second-order valence-corrected chi connectivity index (χ2v) is 15.4. The first kappa shape index (κ1) is 36.7. The lowest BCUT2D eigenvalue weighted by Gasteiger charge is -2.47. The van der Waals surface area contributed by atoms with Crippen LogP contribution in [0.25, 0.3) is 0 Å². The van der Waals surface area contributed by atoms with Crippen LogP contribution in [0.3, 0.4) is 0 Å². The summed E-state index contributed by atoms with van der Waals surface area (Å²) in [6.07, 6.45) is 14.8. The van der Waals surface area contributed by atoms with Crippen LogP contribution >= 0.6 is 0 Å². The van der Waals surface area contributed by atoms with Crippen molar-refractivity contribution in [1.29, 1.82) is 0 Å². The maximum atomic E-state index is 14.1. The number of aliphatic hydroxyl groups is 1. The first-order valence-electron chi connectivity index (χ1n) is 18.5. The molecule has 0 aromatic carbocycles. The van der Waals surface area contributed by atoms with Gasteiger partial charge < -0.3 is 38.3 Å². The predicted molar refractivity (Wildman–Crippen MR) is 185 cm³/mol. The molecule has 49 heavy (non-hydrogen) atoms. The Morgan fingerprint density at radius 3 is 2.57 bits per heavy atom. The molecule has 0 aromatic rings.